The minimum atomic E-state index is -0.674. The SMILES string of the molecule is CCNc1ccc(C(=O)OCC)cc1NC(=O)CNC(=O)[C@@H](N)C(C)C.Cl. The van der Waals surface area contributed by atoms with Crippen molar-refractivity contribution in [2.75, 3.05) is 30.3 Å². The van der Waals surface area contributed by atoms with Gasteiger partial charge in [-0.3, -0.25) is 9.59 Å². The summed E-state index contributed by atoms with van der Waals surface area (Å²) in [5.74, 6) is -1.31. The fourth-order valence-electron chi connectivity index (χ4n) is 2.12. The number of amides is 2. The van der Waals surface area contributed by atoms with Crippen molar-refractivity contribution < 1.29 is 19.1 Å². The molecule has 0 radical (unpaired) electrons. The van der Waals surface area contributed by atoms with E-state index in [0.29, 0.717) is 23.5 Å². The van der Waals surface area contributed by atoms with Crippen LogP contribution in [0.2, 0.25) is 0 Å². The molecule has 0 aliphatic carbocycles. The second-order valence-electron chi connectivity index (χ2n) is 6.05. The number of benzene rings is 1. The molecule has 0 heterocycles. The van der Waals surface area contributed by atoms with Crippen LogP contribution in [0.1, 0.15) is 38.1 Å². The number of anilines is 2. The first-order valence-corrected chi connectivity index (χ1v) is 8.68. The van der Waals surface area contributed by atoms with Crippen molar-refractivity contribution in [1.82, 2.24) is 5.32 Å². The number of esters is 1. The highest BCUT2D eigenvalue weighted by Crippen LogP contribution is 2.23. The quantitative estimate of drug-likeness (QED) is 0.468. The maximum absolute atomic E-state index is 12.2. The first-order valence-electron chi connectivity index (χ1n) is 8.68. The van der Waals surface area contributed by atoms with Crippen molar-refractivity contribution in [1.29, 1.82) is 0 Å². The van der Waals surface area contributed by atoms with Gasteiger partial charge in [-0.15, -0.1) is 12.4 Å². The van der Waals surface area contributed by atoms with Crippen LogP contribution in [-0.2, 0) is 14.3 Å². The molecule has 0 bridgehead atoms. The molecule has 0 unspecified atom stereocenters. The summed E-state index contributed by atoms with van der Waals surface area (Å²) >= 11 is 0. The number of carbonyl (C=O) groups excluding carboxylic acids is 3. The van der Waals surface area contributed by atoms with Crippen LogP contribution in [0.25, 0.3) is 0 Å². The van der Waals surface area contributed by atoms with E-state index in [1.165, 1.54) is 6.07 Å². The van der Waals surface area contributed by atoms with Gasteiger partial charge < -0.3 is 26.4 Å². The Morgan fingerprint density at radius 2 is 1.81 bits per heavy atom. The highest BCUT2D eigenvalue weighted by atomic mass is 35.5. The summed E-state index contributed by atoms with van der Waals surface area (Å²) in [7, 11) is 0. The molecule has 0 aliphatic rings. The maximum atomic E-state index is 12.2. The first-order chi connectivity index (χ1) is 12.3. The van der Waals surface area contributed by atoms with E-state index in [0.717, 1.165) is 0 Å². The van der Waals surface area contributed by atoms with E-state index in [9.17, 15) is 14.4 Å². The molecule has 1 aromatic carbocycles. The smallest absolute Gasteiger partial charge is 0.338 e. The molecule has 0 aromatic heterocycles. The van der Waals surface area contributed by atoms with Crippen LogP contribution in [0.3, 0.4) is 0 Å². The fourth-order valence-corrected chi connectivity index (χ4v) is 2.12. The lowest BCUT2D eigenvalue weighted by atomic mass is 10.1. The molecule has 0 aliphatic heterocycles. The molecule has 0 saturated carbocycles. The second kappa shape index (κ2) is 12.1. The van der Waals surface area contributed by atoms with Gasteiger partial charge in [0.25, 0.3) is 0 Å². The number of ether oxygens (including phenoxy) is 1. The lowest BCUT2D eigenvalue weighted by Crippen LogP contribution is -2.46. The van der Waals surface area contributed by atoms with E-state index in [-0.39, 0.29) is 37.4 Å². The van der Waals surface area contributed by atoms with E-state index in [2.05, 4.69) is 16.0 Å². The van der Waals surface area contributed by atoms with Crippen LogP contribution in [-0.4, -0.2) is 43.5 Å². The number of hydrogen-bond donors (Lipinski definition) is 4. The van der Waals surface area contributed by atoms with Gasteiger partial charge in [-0.2, -0.15) is 0 Å². The Hall–Kier alpha value is -2.32. The van der Waals surface area contributed by atoms with Crippen LogP contribution >= 0.6 is 12.4 Å². The zero-order valence-electron chi connectivity index (χ0n) is 16.1. The van der Waals surface area contributed by atoms with Crippen molar-refractivity contribution in [3.05, 3.63) is 23.8 Å². The van der Waals surface area contributed by atoms with Crippen molar-refractivity contribution >= 4 is 41.6 Å². The molecule has 1 rings (SSSR count). The van der Waals surface area contributed by atoms with E-state index < -0.39 is 17.9 Å². The van der Waals surface area contributed by atoms with Gasteiger partial charge in [0.2, 0.25) is 11.8 Å². The zero-order chi connectivity index (χ0) is 19.7. The Kier molecular flexibility index (Phi) is 11.1. The Bertz CT molecular complexity index is 652. The second-order valence-corrected chi connectivity index (χ2v) is 6.05. The van der Waals surface area contributed by atoms with E-state index >= 15 is 0 Å². The first kappa shape index (κ1) is 24.7. The lowest BCUT2D eigenvalue weighted by molar-refractivity contribution is -0.125. The van der Waals surface area contributed by atoms with Crippen LogP contribution in [0.15, 0.2) is 18.2 Å². The van der Waals surface area contributed by atoms with Crippen molar-refractivity contribution in [2.45, 2.75) is 33.7 Å². The maximum Gasteiger partial charge on any atom is 0.338 e. The number of nitrogens with one attached hydrogen (secondary N) is 3. The molecule has 1 aromatic rings. The average molecular weight is 401 g/mol. The minimum absolute atomic E-state index is 0. The van der Waals surface area contributed by atoms with Crippen molar-refractivity contribution in [3.8, 4) is 0 Å². The summed E-state index contributed by atoms with van der Waals surface area (Å²) in [4.78, 5) is 35.9. The summed E-state index contributed by atoms with van der Waals surface area (Å²) in [5, 5.41) is 8.30. The van der Waals surface area contributed by atoms with Crippen molar-refractivity contribution in [2.24, 2.45) is 11.7 Å². The van der Waals surface area contributed by atoms with Crippen LogP contribution in [0, 0.1) is 5.92 Å². The molecule has 0 saturated heterocycles. The van der Waals surface area contributed by atoms with Gasteiger partial charge >= 0.3 is 5.97 Å². The van der Waals surface area contributed by atoms with E-state index in [1.807, 2.05) is 20.8 Å². The van der Waals surface area contributed by atoms with Crippen LogP contribution in [0.5, 0.6) is 0 Å². The lowest BCUT2D eigenvalue weighted by Gasteiger charge is -2.16. The third-order valence-electron chi connectivity index (χ3n) is 3.62. The van der Waals surface area contributed by atoms with E-state index in [4.69, 9.17) is 10.5 Å². The molecular weight excluding hydrogens is 372 g/mol. The Morgan fingerprint density at radius 1 is 1.15 bits per heavy atom. The molecule has 5 N–H and O–H groups in total. The molecule has 8 nitrogen and oxygen atoms in total. The number of carbonyl (C=O) groups is 3. The normalized spacial score (nSPS) is 11.2. The standard InChI is InChI=1S/C18H28N4O4.ClH/c1-5-20-13-8-7-12(18(25)26-6-2)9-14(13)22-15(23)10-21-17(24)16(19)11(3)4;/h7-9,11,16,20H,5-6,10,19H2,1-4H3,(H,21,24)(H,22,23);1H/t16-;/m0./s1. The number of hydrogen-bond acceptors (Lipinski definition) is 6. The largest absolute Gasteiger partial charge is 0.462 e. The summed E-state index contributed by atoms with van der Waals surface area (Å²) in [5.41, 5.74) is 7.17. The van der Waals surface area contributed by atoms with Gasteiger partial charge in [-0.1, -0.05) is 13.8 Å². The predicted molar refractivity (Wildman–Crippen MR) is 108 cm³/mol. The summed E-state index contributed by atoms with van der Waals surface area (Å²) in [6.45, 7) is 7.98. The van der Waals surface area contributed by atoms with Gasteiger partial charge in [0.15, 0.2) is 0 Å². The Labute approximate surface area is 166 Å². The third kappa shape index (κ3) is 7.84. The topological polar surface area (TPSA) is 123 Å². The molecular formula is C18H29ClN4O4. The molecule has 0 fully saturated rings. The van der Waals surface area contributed by atoms with Crippen molar-refractivity contribution in [3.63, 3.8) is 0 Å². The van der Waals surface area contributed by atoms with Gasteiger partial charge in [-0.05, 0) is 38.0 Å². The average Bonchev–Trinajstić information content (AvgIpc) is 2.60. The zero-order valence-corrected chi connectivity index (χ0v) is 16.9. The molecule has 0 spiro atoms. The highest BCUT2D eigenvalue weighted by molar-refractivity contribution is 6.00. The monoisotopic (exact) mass is 400 g/mol. The van der Waals surface area contributed by atoms with Gasteiger partial charge in [0, 0.05) is 6.54 Å². The molecule has 9 heteroatoms. The summed E-state index contributed by atoms with van der Waals surface area (Å²) in [6.07, 6.45) is 0. The van der Waals surface area contributed by atoms with Crippen LogP contribution in [0.4, 0.5) is 11.4 Å². The number of nitrogens with two attached hydrogens (primary N) is 1. The Balaban J connectivity index is 0.00000676. The molecule has 2 amide bonds. The number of halogens is 1. The fraction of sp³-hybridized carbons (Fsp3) is 0.500. The van der Waals surface area contributed by atoms with Gasteiger partial charge in [-0.25, -0.2) is 4.79 Å². The van der Waals surface area contributed by atoms with E-state index in [1.54, 1.807) is 19.1 Å². The number of rotatable bonds is 9. The van der Waals surface area contributed by atoms with Gasteiger partial charge in [0.1, 0.15) is 0 Å². The van der Waals surface area contributed by atoms with Gasteiger partial charge in [0.05, 0.1) is 36.1 Å². The van der Waals surface area contributed by atoms with Crippen LogP contribution < -0.4 is 21.7 Å². The third-order valence-corrected chi connectivity index (χ3v) is 3.62. The predicted octanol–water partition coefficient (Wildman–Crippen LogP) is 1.75. The molecule has 27 heavy (non-hydrogen) atoms. The summed E-state index contributed by atoms with van der Waals surface area (Å²) in [6, 6.07) is 4.18. The molecule has 1 atom stereocenters. The summed E-state index contributed by atoms with van der Waals surface area (Å²) < 4.78 is 4.97. The minimum Gasteiger partial charge on any atom is -0.462 e. The highest BCUT2D eigenvalue weighted by Gasteiger charge is 2.18. The Morgan fingerprint density at radius 3 is 2.37 bits per heavy atom. The molecule has 152 valence electrons.